The van der Waals surface area contributed by atoms with Crippen molar-refractivity contribution in [2.45, 2.75) is 38.6 Å². The summed E-state index contributed by atoms with van der Waals surface area (Å²) in [6, 6.07) is 4.39. The minimum Gasteiger partial charge on any atom is -0.508 e. The number of hydrogen-bond donors (Lipinski definition) is 2. The van der Waals surface area contributed by atoms with E-state index in [1.165, 1.54) is 18.2 Å². The Morgan fingerprint density at radius 1 is 1.36 bits per heavy atom. The molecule has 1 aliphatic rings. The third-order valence-electron chi connectivity index (χ3n) is 4.25. The molecule has 0 bridgehead atoms. The predicted molar refractivity (Wildman–Crippen MR) is 86.1 cm³/mol. The van der Waals surface area contributed by atoms with E-state index in [0.717, 1.165) is 51.9 Å². The Bertz CT molecular complexity index is 501. The average molecular weight is 307 g/mol. The molecule has 1 heterocycles. The molecule has 0 spiro atoms. The predicted octanol–water partition coefficient (Wildman–Crippen LogP) is 2.83. The molecule has 1 saturated heterocycles. The summed E-state index contributed by atoms with van der Waals surface area (Å²) in [5, 5.41) is 24.6. The maximum atomic E-state index is 11.0. The molecule has 0 radical (unpaired) electrons. The summed E-state index contributed by atoms with van der Waals surface area (Å²) in [6.07, 6.45) is 4.25. The van der Waals surface area contributed by atoms with Gasteiger partial charge in [-0.1, -0.05) is 26.2 Å². The summed E-state index contributed by atoms with van der Waals surface area (Å²) < 4.78 is 0. The molecule has 2 N–H and O–H groups in total. The van der Waals surface area contributed by atoms with E-state index in [1.54, 1.807) is 0 Å². The zero-order valence-electron chi connectivity index (χ0n) is 13.1. The first-order chi connectivity index (χ1) is 10.6. The van der Waals surface area contributed by atoms with Crippen LogP contribution in [0.4, 0.5) is 5.69 Å². The van der Waals surface area contributed by atoms with Crippen molar-refractivity contribution in [3.05, 3.63) is 33.9 Å². The lowest BCUT2D eigenvalue weighted by molar-refractivity contribution is -0.385. The van der Waals surface area contributed by atoms with Crippen LogP contribution in [0, 0.1) is 10.1 Å². The molecule has 0 saturated carbocycles. The second-order valence-corrected chi connectivity index (χ2v) is 5.80. The number of nitrogens with one attached hydrogen (secondary N) is 1. The van der Waals surface area contributed by atoms with E-state index in [1.807, 2.05) is 0 Å². The van der Waals surface area contributed by atoms with E-state index in [0.29, 0.717) is 5.56 Å². The number of non-ortho nitro benzene ring substituents is 1. The van der Waals surface area contributed by atoms with Gasteiger partial charge < -0.3 is 10.4 Å². The fourth-order valence-electron chi connectivity index (χ4n) is 3.04. The second-order valence-electron chi connectivity index (χ2n) is 5.80. The number of piperazine rings is 1. The third-order valence-corrected chi connectivity index (χ3v) is 4.25. The van der Waals surface area contributed by atoms with E-state index < -0.39 is 4.92 Å². The van der Waals surface area contributed by atoms with Gasteiger partial charge in [-0.3, -0.25) is 15.0 Å². The molecule has 122 valence electrons. The van der Waals surface area contributed by atoms with Crippen LogP contribution in [0.1, 0.15) is 44.2 Å². The number of unbranched alkanes of at least 4 members (excludes halogenated alkanes) is 2. The van der Waals surface area contributed by atoms with Crippen LogP contribution in [0.25, 0.3) is 0 Å². The van der Waals surface area contributed by atoms with Crippen molar-refractivity contribution in [3.63, 3.8) is 0 Å². The van der Waals surface area contributed by atoms with Gasteiger partial charge in [-0.2, -0.15) is 0 Å². The highest BCUT2D eigenvalue weighted by Crippen LogP contribution is 2.35. The molecular weight excluding hydrogens is 282 g/mol. The van der Waals surface area contributed by atoms with Crippen molar-refractivity contribution in [1.82, 2.24) is 10.2 Å². The number of rotatable bonds is 7. The highest BCUT2D eigenvalue weighted by atomic mass is 16.6. The zero-order valence-corrected chi connectivity index (χ0v) is 13.1. The number of hydrogen-bond acceptors (Lipinski definition) is 5. The highest BCUT2D eigenvalue weighted by Gasteiger charge is 2.25. The minimum absolute atomic E-state index is 0.0448. The fourth-order valence-corrected chi connectivity index (χ4v) is 3.04. The number of phenols is 1. The number of benzene rings is 1. The van der Waals surface area contributed by atoms with Gasteiger partial charge in [0.15, 0.2) is 0 Å². The van der Waals surface area contributed by atoms with Gasteiger partial charge in [0.1, 0.15) is 5.75 Å². The summed E-state index contributed by atoms with van der Waals surface area (Å²) in [6.45, 7) is 5.79. The largest absolute Gasteiger partial charge is 0.508 e. The summed E-state index contributed by atoms with van der Waals surface area (Å²) in [7, 11) is 0. The van der Waals surface area contributed by atoms with E-state index in [2.05, 4.69) is 17.1 Å². The Balaban J connectivity index is 2.25. The fraction of sp³-hybridized carbons (Fsp3) is 0.625. The average Bonchev–Trinajstić information content (AvgIpc) is 2.53. The van der Waals surface area contributed by atoms with Gasteiger partial charge in [-0.05, 0) is 12.5 Å². The van der Waals surface area contributed by atoms with E-state index in [-0.39, 0.29) is 17.5 Å². The second kappa shape index (κ2) is 8.10. The molecule has 0 amide bonds. The molecule has 1 atom stereocenters. The van der Waals surface area contributed by atoms with Gasteiger partial charge in [0, 0.05) is 49.9 Å². The number of nitrogens with zero attached hydrogens (tertiary/aromatic N) is 2. The molecule has 0 unspecified atom stereocenters. The molecule has 2 rings (SSSR count). The highest BCUT2D eigenvalue weighted by molar-refractivity contribution is 5.44. The molecule has 0 aromatic heterocycles. The Kier molecular flexibility index (Phi) is 6.15. The van der Waals surface area contributed by atoms with Crippen molar-refractivity contribution in [3.8, 4) is 5.75 Å². The normalized spacial score (nSPS) is 17.3. The quantitative estimate of drug-likeness (QED) is 0.460. The Morgan fingerprint density at radius 2 is 2.09 bits per heavy atom. The molecule has 0 aliphatic carbocycles. The van der Waals surface area contributed by atoms with Crippen LogP contribution < -0.4 is 5.32 Å². The maximum Gasteiger partial charge on any atom is 0.270 e. The monoisotopic (exact) mass is 307 g/mol. The first-order valence-electron chi connectivity index (χ1n) is 8.05. The summed E-state index contributed by atoms with van der Waals surface area (Å²) in [5.74, 6) is 0.158. The third kappa shape index (κ3) is 4.18. The molecule has 6 nitrogen and oxygen atoms in total. The summed E-state index contributed by atoms with van der Waals surface area (Å²) in [4.78, 5) is 12.9. The van der Waals surface area contributed by atoms with Crippen LogP contribution in [0.3, 0.4) is 0 Å². The zero-order chi connectivity index (χ0) is 15.9. The van der Waals surface area contributed by atoms with Gasteiger partial charge in [-0.15, -0.1) is 0 Å². The Labute approximate surface area is 131 Å². The standard InChI is InChI=1S/C16H25N3O3/c1-2-3-4-5-15(18-10-8-17-9-11-18)14-12-13(19(21)22)6-7-16(14)20/h6-7,12,15,17,20H,2-5,8-11H2,1H3/t15-/m0/s1. The Hall–Kier alpha value is -1.66. The number of aromatic hydroxyl groups is 1. The molecule has 1 aromatic carbocycles. The van der Waals surface area contributed by atoms with E-state index >= 15 is 0 Å². The maximum absolute atomic E-state index is 11.0. The van der Waals surface area contributed by atoms with Crippen molar-refractivity contribution < 1.29 is 10.0 Å². The number of nitro benzene ring substituents is 1. The lowest BCUT2D eigenvalue weighted by Gasteiger charge is -2.35. The van der Waals surface area contributed by atoms with Crippen molar-refractivity contribution in [1.29, 1.82) is 0 Å². The van der Waals surface area contributed by atoms with Crippen molar-refractivity contribution in [2.24, 2.45) is 0 Å². The molecule has 6 heteroatoms. The van der Waals surface area contributed by atoms with Gasteiger partial charge in [-0.25, -0.2) is 0 Å². The molecule has 1 aliphatic heterocycles. The first kappa shape index (κ1) is 16.7. The van der Waals surface area contributed by atoms with Crippen LogP contribution in [0.5, 0.6) is 5.75 Å². The van der Waals surface area contributed by atoms with Crippen LogP contribution in [0.15, 0.2) is 18.2 Å². The number of nitro groups is 1. The molecular formula is C16H25N3O3. The summed E-state index contributed by atoms with van der Waals surface area (Å²) in [5.41, 5.74) is 0.732. The van der Waals surface area contributed by atoms with Crippen LogP contribution in [-0.2, 0) is 0 Å². The molecule has 1 fully saturated rings. The van der Waals surface area contributed by atoms with Gasteiger partial charge >= 0.3 is 0 Å². The van der Waals surface area contributed by atoms with E-state index in [9.17, 15) is 15.2 Å². The van der Waals surface area contributed by atoms with Gasteiger partial charge in [0.2, 0.25) is 0 Å². The van der Waals surface area contributed by atoms with Gasteiger partial charge in [0.25, 0.3) is 5.69 Å². The number of phenolic OH excluding ortho intramolecular Hbond substituents is 1. The lowest BCUT2D eigenvalue weighted by atomic mass is 9.96. The van der Waals surface area contributed by atoms with Crippen LogP contribution >= 0.6 is 0 Å². The topological polar surface area (TPSA) is 78.6 Å². The first-order valence-corrected chi connectivity index (χ1v) is 8.05. The SMILES string of the molecule is CCCCC[C@@H](c1cc([N+](=O)[O-])ccc1O)N1CCNCC1. The molecule has 1 aromatic rings. The Morgan fingerprint density at radius 3 is 2.73 bits per heavy atom. The molecule has 22 heavy (non-hydrogen) atoms. The van der Waals surface area contributed by atoms with Crippen molar-refractivity contribution in [2.75, 3.05) is 26.2 Å². The van der Waals surface area contributed by atoms with Crippen LogP contribution in [-0.4, -0.2) is 41.1 Å². The van der Waals surface area contributed by atoms with Gasteiger partial charge in [0.05, 0.1) is 4.92 Å². The summed E-state index contributed by atoms with van der Waals surface area (Å²) >= 11 is 0. The smallest absolute Gasteiger partial charge is 0.270 e. The van der Waals surface area contributed by atoms with E-state index in [4.69, 9.17) is 0 Å². The minimum atomic E-state index is -0.399. The lowest BCUT2D eigenvalue weighted by Crippen LogP contribution is -2.45. The van der Waals surface area contributed by atoms with Crippen LogP contribution in [0.2, 0.25) is 0 Å². The van der Waals surface area contributed by atoms with Crippen molar-refractivity contribution >= 4 is 5.69 Å².